The van der Waals surface area contributed by atoms with Crippen molar-refractivity contribution in [3.8, 4) is 5.75 Å². The van der Waals surface area contributed by atoms with Gasteiger partial charge in [-0.1, -0.05) is 18.2 Å². The van der Waals surface area contributed by atoms with Gasteiger partial charge in [-0.25, -0.2) is 9.59 Å². The summed E-state index contributed by atoms with van der Waals surface area (Å²) in [5, 5.41) is 0.991. The van der Waals surface area contributed by atoms with Gasteiger partial charge in [0.1, 0.15) is 12.4 Å². The Morgan fingerprint density at radius 3 is 2.53 bits per heavy atom. The molecule has 0 atom stereocenters. The Kier molecular flexibility index (Phi) is 7.15. The predicted octanol–water partition coefficient (Wildman–Crippen LogP) is 3.78. The Morgan fingerprint density at radius 2 is 1.81 bits per heavy atom. The lowest BCUT2D eigenvalue weighted by Gasteiger charge is -2.12. The van der Waals surface area contributed by atoms with Gasteiger partial charge in [0, 0.05) is 33.4 Å². The Balaban J connectivity index is 1.44. The molecule has 4 aromatic rings. The van der Waals surface area contributed by atoms with E-state index in [1.165, 1.54) is 0 Å². The summed E-state index contributed by atoms with van der Waals surface area (Å²) in [5.74, 6) is -2.11. The largest absolute Gasteiger partial charge is 0.493 e. The van der Waals surface area contributed by atoms with E-state index >= 15 is 0 Å². The van der Waals surface area contributed by atoms with E-state index < -0.39 is 23.4 Å². The van der Waals surface area contributed by atoms with Crippen molar-refractivity contribution in [1.82, 2.24) is 14.7 Å². The number of carbonyl (C=O) groups is 1. The number of nitrogens with one attached hydrogen (secondary N) is 1. The third-order valence-electron chi connectivity index (χ3n) is 4.91. The number of aromatic amines is 1. The van der Waals surface area contributed by atoms with Gasteiger partial charge in [0.25, 0.3) is 5.56 Å². The first kappa shape index (κ1) is 25.0. The average molecular weight is 517 g/mol. The highest BCUT2D eigenvalue weighted by Gasteiger charge is 2.42. The van der Waals surface area contributed by atoms with Crippen molar-refractivity contribution in [3.05, 3.63) is 98.5 Å². The highest BCUT2D eigenvalue weighted by Crippen LogP contribution is 2.26. The third-order valence-corrected chi connectivity index (χ3v) is 5.96. The van der Waals surface area contributed by atoms with Crippen LogP contribution in [-0.4, -0.2) is 26.8 Å². The van der Waals surface area contributed by atoms with Gasteiger partial charge in [-0.2, -0.15) is 13.2 Å². The van der Waals surface area contributed by atoms with Gasteiger partial charge in [-0.3, -0.25) is 14.8 Å². The number of alkyl halides is 3. The number of aryl methyl sites for hydroxylation is 1. The second-order valence-corrected chi connectivity index (χ2v) is 8.64. The van der Waals surface area contributed by atoms with Gasteiger partial charge in [-0.05, 0) is 43.3 Å². The van der Waals surface area contributed by atoms with E-state index in [2.05, 4.69) is 9.82 Å². The number of benzene rings is 2. The lowest BCUT2D eigenvalue weighted by Crippen LogP contribution is -2.42. The van der Waals surface area contributed by atoms with Gasteiger partial charge in [0.15, 0.2) is 0 Å². The monoisotopic (exact) mass is 517 g/mol. The number of carbonyl (C=O) groups excluding carboxylic acids is 1. The smallest absolute Gasteiger partial charge is 0.489 e. The molecule has 0 amide bonds. The summed E-state index contributed by atoms with van der Waals surface area (Å²) < 4.78 is 43.7. The molecule has 0 radical (unpaired) electrons. The zero-order valence-corrected chi connectivity index (χ0v) is 19.5. The van der Waals surface area contributed by atoms with E-state index in [4.69, 9.17) is 4.74 Å². The van der Waals surface area contributed by atoms with Crippen LogP contribution in [0, 0.1) is 6.92 Å². The molecule has 0 aliphatic heterocycles. The number of rotatable bonds is 7. The average Bonchev–Trinajstić information content (AvgIpc) is 2.82. The summed E-state index contributed by atoms with van der Waals surface area (Å²) in [4.78, 5) is 45.8. The summed E-state index contributed by atoms with van der Waals surface area (Å²) in [6.07, 6.45) is -5.31. The highest BCUT2D eigenvalue weighted by molar-refractivity contribution is 7.98. The Morgan fingerprint density at radius 1 is 1.08 bits per heavy atom. The third kappa shape index (κ3) is 5.95. The fourth-order valence-corrected chi connectivity index (χ4v) is 4.18. The number of H-pyrrole nitrogens is 1. The van der Waals surface area contributed by atoms with Crippen LogP contribution in [0.15, 0.2) is 75.1 Å². The topological polar surface area (TPSA) is 103 Å². The van der Waals surface area contributed by atoms with Crippen molar-refractivity contribution < 1.29 is 27.5 Å². The molecule has 0 bridgehead atoms. The van der Waals surface area contributed by atoms with Crippen molar-refractivity contribution in [3.63, 3.8) is 0 Å². The van der Waals surface area contributed by atoms with Crippen molar-refractivity contribution in [2.45, 2.75) is 30.4 Å². The molecule has 0 saturated carbocycles. The predicted molar refractivity (Wildman–Crippen MR) is 126 cm³/mol. The Hall–Kier alpha value is -4.06. The van der Waals surface area contributed by atoms with Crippen LogP contribution >= 0.6 is 11.8 Å². The maximum Gasteiger partial charge on any atom is 0.493 e. The van der Waals surface area contributed by atoms with E-state index in [9.17, 15) is 27.6 Å². The number of aromatic nitrogens is 3. The molecule has 0 fully saturated rings. The number of nitrogens with zero attached hydrogens (tertiary/aromatic N) is 2. The molecular formula is C24H18F3N3O5S. The van der Waals surface area contributed by atoms with Gasteiger partial charge < -0.3 is 9.57 Å². The minimum Gasteiger partial charge on any atom is -0.489 e. The molecule has 4 rings (SSSR count). The number of thioether (sulfide) groups is 1. The second kappa shape index (κ2) is 10.3. The first-order valence-electron chi connectivity index (χ1n) is 10.5. The minimum atomic E-state index is -5.31. The number of ether oxygens (including phenoxy) is 1. The molecule has 2 aromatic heterocycles. The molecule has 186 valence electrons. The second-order valence-electron chi connectivity index (χ2n) is 7.59. The Labute approximate surface area is 205 Å². The molecule has 36 heavy (non-hydrogen) atoms. The van der Waals surface area contributed by atoms with Crippen LogP contribution in [0.5, 0.6) is 5.75 Å². The van der Waals surface area contributed by atoms with E-state index in [1.54, 1.807) is 29.2 Å². The first-order valence-corrected chi connectivity index (χ1v) is 11.4. The SMILES string of the molecule is Cc1cc(COc2ccc(SCc3cc(=O)[nH]c(=O)n3OC(=O)C(F)(F)F)cc2)c2ccccc2n1. The summed E-state index contributed by atoms with van der Waals surface area (Å²) in [6.45, 7) is 2.23. The standard InChI is InChI=1S/C24H18F3N3O5S/c1-14-10-15(19-4-2-3-5-20(19)28-14)12-34-17-6-8-18(9-7-17)36-13-16-11-21(31)29-23(33)30(16)35-22(32)24(25,26)27/h2-11H,12-13H2,1H3,(H,29,31,33). The molecule has 0 aliphatic rings. The minimum absolute atomic E-state index is 0.118. The maximum absolute atomic E-state index is 12.6. The molecular weight excluding hydrogens is 499 g/mol. The molecule has 0 saturated heterocycles. The molecule has 8 nitrogen and oxygen atoms in total. The van der Waals surface area contributed by atoms with Crippen LogP contribution in [0.25, 0.3) is 10.9 Å². The zero-order valence-electron chi connectivity index (χ0n) is 18.7. The molecule has 1 N–H and O–H groups in total. The lowest BCUT2D eigenvalue weighted by atomic mass is 10.1. The number of pyridine rings is 1. The Bertz CT molecular complexity index is 1530. The summed E-state index contributed by atoms with van der Waals surface area (Å²) in [7, 11) is 0. The van der Waals surface area contributed by atoms with E-state index in [0.29, 0.717) is 17.3 Å². The number of hydrogen-bond acceptors (Lipinski definition) is 7. The quantitative estimate of drug-likeness (QED) is 0.372. The van der Waals surface area contributed by atoms with Gasteiger partial charge >= 0.3 is 17.8 Å². The van der Waals surface area contributed by atoms with Crippen LogP contribution in [0.4, 0.5) is 13.2 Å². The van der Waals surface area contributed by atoms with Crippen molar-refractivity contribution in [2.24, 2.45) is 0 Å². The van der Waals surface area contributed by atoms with Crippen LogP contribution in [0.3, 0.4) is 0 Å². The molecule has 0 spiro atoms. The first-order chi connectivity index (χ1) is 17.1. The summed E-state index contributed by atoms with van der Waals surface area (Å²) >= 11 is 1.12. The van der Waals surface area contributed by atoms with E-state index in [-0.39, 0.29) is 16.2 Å². The van der Waals surface area contributed by atoms with Crippen molar-refractivity contribution >= 4 is 28.6 Å². The fourth-order valence-electron chi connectivity index (χ4n) is 3.33. The van der Waals surface area contributed by atoms with Gasteiger partial charge in [0.05, 0.1) is 11.2 Å². The normalized spacial score (nSPS) is 11.4. The van der Waals surface area contributed by atoms with Gasteiger partial charge in [-0.15, -0.1) is 16.5 Å². The molecule has 0 unspecified atom stereocenters. The van der Waals surface area contributed by atoms with Crippen LogP contribution in [0.2, 0.25) is 0 Å². The van der Waals surface area contributed by atoms with E-state index in [0.717, 1.165) is 40.0 Å². The van der Waals surface area contributed by atoms with Crippen molar-refractivity contribution in [1.29, 1.82) is 0 Å². The fraction of sp³-hybridized carbons (Fsp3) is 0.167. The van der Waals surface area contributed by atoms with Crippen LogP contribution in [0.1, 0.15) is 17.0 Å². The number of halogens is 3. The number of para-hydroxylation sites is 1. The van der Waals surface area contributed by atoms with Gasteiger partial charge in [0.2, 0.25) is 0 Å². The maximum atomic E-state index is 12.6. The number of hydrogen-bond donors (Lipinski definition) is 1. The zero-order chi connectivity index (χ0) is 25.9. The summed E-state index contributed by atoms with van der Waals surface area (Å²) in [5.41, 5.74) is 0.389. The number of fused-ring (bicyclic) bond motifs is 1. The summed E-state index contributed by atoms with van der Waals surface area (Å²) in [6, 6.07) is 17.5. The van der Waals surface area contributed by atoms with Crippen molar-refractivity contribution in [2.75, 3.05) is 0 Å². The van der Waals surface area contributed by atoms with Crippen LogP contribution < -0.4 is 20.8 Å². The van der Waals surface area contributed by atoms with Crippen LogP contribution in [-0.2, 0) is 17.2 Å². The molecule has 2 aromatic carbocycles. The molecule has 12 heteroatoms. The lowest BCUT2D eigenvalue weighted by molar-refractivity contribution is -0.200. The highest BCUT2D eigenvalue weighted by atomic mass is 32.2. The molecule has 2 heterocycles. The molecule has 0 aliphatic carbocycles. The van der Waals surface area contributed by atoms with E-state index in [1.807, 2.05) is 37.3 Å².